The molecule has 0 atom stereocenters. The summed E-state index contributed by atoms with van der Waals surface area (Å²) >= 11 is 12.3. The summed E-state index contributed by atoms with van der Waals surface area (Å²) in [6, 6.07) is 10.4. The van der Waals surface area contributed by atoms with Crippen molar-refractivity contribution in [2.24, 2.45) is 0 Å². The normalized spacial score (nSPS) is 15.6. The monoisotopic (exact) mass is 436 g/mol. The highest BCUT2D eigenvalue weighted by molar-refractivity contribution is 7.89. The first-order valence-electron chi connectivity index (χ1n) is 8.70. The largest absolute Gasteiger partial charge is 0.495 e. The van der Waals surface area contributed by atoms with E-state index < -0.39 is 10.0 Å². The smallest absolute Gasteiger partial charge is 0.247 e. The standard InChI is InChI=1S/C20H18Cl2N2O3S/c1-27-18-6-5-14(21)11-19(18)28(25,26)24-9-7-13(8-10-24)16-12-23-20-15(16)3-2-4-17(20)22/h2-7,11-12,23H,8-10H2,1H3. The molecule has 1 aromatic heterocycles. The van der Waals surface area contributed by atoms with Crippen molar-refractivity contribution < 1.29 is 13.2 Å². The number of fused-ring (bicyclic) bond motifs is 1. The summed E-state index contributed by atoms with van der Waals surface area (Å²) in [7, 11) is -2.28. The van der Waals surface area contributed by atoms with Gasteiger partial charge in [-0.3, -0.25) is 0 Å². The molecular weight excluding hydrogens is 419 g/mol. The average molecular weight is 437 g/mol. The van der Waals surface area contributed by atoms with Gasteiger partial charge in [-0.2, -0.15) is 4.31 Å². The lowest BCUT2D eigenvalue weighted by molar-refractivity contribution is 0.395. The number of rotatable bonds is 4. The molecule has 0 saturated carbocycles. The van der Waals surface area contributed by atoms with E-state index in [2.05, 4.69) is 4.98 Å². The molecule has 3 aromatic rings. The molecule has 2 heterocycles. The predicted molar refractivity (Wildman–Crippen MR) is 113 cm³/mol. The van der Waals surface area contributed by atoms with Crippen LogP contribution in [0.15, 0.2) is 53.6 Å². The van der Waals surface area contributed by atoms with Gasteiger partial charge in [-0.25, -0.2) is 8.42 Å². The number of para-hydroxylation sites is 1. The Bertz CT molecular complexity index is 1190. The van der Waals surface area contributed by atoms with Gasteiger partial charge in [0.1, 0.15) is 10.6 Å². The second-order valence-corrected chi connectivity index (χ2v) is 9.25. The average Bonchev–Trinajstić information content (AvgIpc) is 3.13. The number of sulfonamides is 1. The molecular formula is C20H18Cl2N2O3S. The number of halogens is 2. The molecule has 0 amide bonds. The van der Waals surface area contributed by atoms with E-state index in [0.29, 0.717) is 23.0 Å². The van der Waals surface area contributed by atoms with Gasteiger partial charge in [0, 0.05) is 35.3 Å². The van der Waals surface area contributed by atoms with Crippen molar-refractivity contribution in [1.82, 2.24) is 9.29 Å². The zero-order valence-electron chi connectivity index (χ0n) is 15.1. The number of ether oxygens (including phenoxy) is 1. The number of aromatic amines is 1. The Labute approximate surface area is 173 Å². The van der Waals surface area contributed by atoms with E-state index in [4.69, 9.17) is 27.9 Å². The number of benzene rings is 2. The fraction of sp³-hybridized carbons (Fsp3) is 0.200. The molecule has 2 aromatic carbocycles. The van der Waals surface area contributed by atoms with E-state index in [-0.39, 0.29) is 17.2 Å². The second kappa shape index (κ2) is 7.44. The molecule has 1 aliphatic heterocycles. The Morgan fingerprint density at radius 2 is 2.00 bits per heavy atom. The molecule has 4 rings (SSSR count). The van der Waals surface area contributed by atoms with E-state index in [0.717, 1.165) is 22.0 Å². The van der Waals surface area contributed by atoms with Gasteiger partial charge in [0.25, 0.3) is 0 Å². The first kappa shape index (κ1) is 19.3. The third-order valence-corrected chi connectivity index (χ3v) is 7.36. The van der Waals surface area contributed by atoms with Crippen molar-refractivity contribution >= 4 is 49.7 Å². The van der Waals surface area contributed by atoms with Crippen molar-refractivity contribution in [3.05, 3.63) is 64.3 Å². The Kier molecular flexibility index (Phi) is 5.14. The van der Waals surface area contributed by atoms with Crippen LogP contribution in [0.1, 0.15) is 12.0 Å². The number of methoxy groups -OCH3 is 1. The molecule has 0 aliphatic carbocycles. The molecule has 0 bridgehead atoms. The maximum absolute atomic E-state index is 13.1. The predicted octanol–water partition coefficient (Wildman–Crippen LogP) is 4.96. The molecule has 8 heteroatoms. The molecule has 146 valence electrons. The zero-order chi connectivity index (χ0) is 19.9. The summed E-state index contributed by atoms with van der Waals surface area (Å²) in [5, 5.41) is 2.05. The van der Waals surface area contributed by atoms with E-state index in [9.17, 15) is 8.42 Å². The number of hydrogen-bond acceptors (Lipinski definition) is 3. The number of nitrogens with zero attached hydrogens (tertiary/aromatic N) is 1. The summed E-state index contributed by atoms with van der Waals surface area (Å²) in [5.74, 6) is 0.283. The summed E-state index contributed by atoms with van der Waals surface area (Å²) in [5.41, 5.74) is 3.03. The van der Waals surface area contributed by atoms with E-state index in [1.54, 1.807) is 12.1 Å². The Morgan fingerprint density at radius 1 is 1.18 bits per heavy atom. The lowest BCUT2D eigenvalue weighted by Gasteiger charge is -2.26. The van der Waals surface area contributed by atoms with Crippen molar-refractivity contribution in [3.8, 4) is 5.75 Å². The summed E-state index contributed by atoms with van der Waals surface area (Å²) in [4.78, 5) is 3.29. The van der Waals surface area contributed by atoms with E-state index in [1.165, 1.54) is 17.5 Å². The summed E-state index contributed by atoms with van der Waals surface area (Å²) < 4.78 is 32.9. The highest BCUT2D eigenvalue weighted by Crippen LogP contribution is 2.35. The minimum absolute atomic E-state index is 0.0817. The van der Waals surface area contributed by atoms with Gasteiger partial charge in [0.05, 0.1) is 17.6 Å². The van der Waals surface area contributed by atoms with Crippen molar-refractivity contribution in [2.75, 3.05) is 20.2 Å². The molecule has 28 heavy (non-hydrogen) atoms. The number of nitrogens with one attached hydrogen (secondary N) is 1. The van der Waals surface area contributed by atoms with Crippen LogP contribution >= 0.6 is 23.2 Å². The molecule has 1 N–H and O–H groups in total. The van der Waals surface area contributed by atoms with Gasteiger partial charge in [-0.1, -0.05) is 41.4 Å². The van der Waals surface area contributed by atoms with Gasteiger partial charge >= 0.3 is 0 Å². The molecule has 0 spiro atoms. The molecule has 1 aliphatic rings. The number of hydrogen-bond donors (Lipinski definition) is 1. The van der Waals surface area contributed by atoms with Gasteiger partial charge in [-0.15, -0.1) is 0 Å². The van der Waals surface area contributed by atoms with Crippen LogP contribution in [0.3, 0.4) is 0 Å². The van der Waals surface area contributed by atoms with E-state index in [1.807, 2.05) is 30.5 Å². The lowest BCUT2D eigenvalue weighted by atomic mass is 10.00. The fourth-order valence-corrected chi connectivity index (χ4v) is 5.52. The highest BCUT2D eigenvalue weighted by Gasteiger charge is 2.29. The fourth-order valence-electron chi connectivity index (χ4n) is 3.49. The zero-order valence-corrected chi connectivity index (χ0v) is 17.4. The number of H-pyrrole nitrogens is 1. The Morgan fingerprint density at radius 3 is 2.71 bits per heavy atom. The van der Waals surface area contributed by atoms with Gasteiger partial charge in [0.2, 0.25) is 10.0 Å². The third kappa shape index (κ3) is 3.31. The minimum atomic E-state index is -3.72. The van der Waals surface area contributed by atoms with Crippen LogP contribution in [-0.4, -0.2) is 37.9 Å². The topological polar surface area (TPSA) is 62.4 Å². The quantitative estimate of drug-likeness (QED) is 0.628. The third-order valence-electron chi connectivity index (χ3n) is 4.93. The van der Waals surface area contributed by atoms with Crippen LogP contribution in [-0.2, 0) is 10.0 Å². The van der Waals surface area contributed by atoms with Crippen molar-refractivity contribution in [2.45, 2.75) is 11.3 Å². The number of aromatic nitrogens is 1. The first-order valence-corrected chi connectivity index (χ1v) is 10.9. The van der Waals surface area contributed by atoms with Crippen molar-refractivity contribution in [3.63, 3.8) is 0 Å². The molecule has 0 unspecified atom stereocenters. The highest BCUT2D eigenvalue weighted by atomic mass is 35.5. The van der Waals surface area contributed by atoms with Crippen LogP contribution < -0.4 is 4.74 Å². The SMILES string of the molecule is COc1ccc(Cl)cc1S(=O)(=O)N1CC=C(c2c[nH]c3c(Cl)cccc23)CC1. The molecule has 0 radical (unpaired) electrons. The van der Waals surface area contributed by atoms with Crippen molar-refractivity contribution in [1.29, 1.82) is 0 Å². The summed E-state index contributed by atoms with van der Waals surface area (Å²) in [6.45, 7) is 0.650. The van der Waals surface area contributed by atoms with Crippen LogP contribution in [0.25, 0.3) is 16.5 Å². The minimum Gasteiger partial charge on any atom is -0.495 e. The summed E-state index contributed by atoms with van der Waals surface area (Å²) in [6.07, 6.45) is 4.47. The van der Waals surface area contributed by atoms with Crippen LogP contribution in [0, 0.1) is 0 Å². The maximum Gasteiger partial charge on any atom is 0.247 e. The molecule has 5 nitrogen and oxygen atoms in total. The lowest BCUT2D eigenvalue weighted by Crippen LogP contribution is -2.34. The second-order valence-electron chi connectivity index (χ2n) is 6.50. The molecule has 0 saturated heterocycles. The first-order chi connectivity index (χ1) is 13.4. The van der Waals surface area contributed by atoms with Gasteiger partial charge < -0.3 is 9.72 Å². The van der Waals surface area contributed by atoms with Crippen LogP contribution in [0.4, 0.5) is 0 Å². The van der Waals surface area contributed by atoms with Gasteiger partial charge in [0.15, 0.2) is 0 Å². The van der Waals surface area contributed by atoms with E-state index >= 15 is 0 Å². The van der Waals surface area contributed by atoms with Gasteiger partial charge in [-0.05, 0) is 36.3 Å². The van der Waals surface area contributed by atoms with Crippen LogP contribution in [0.5, 0.6) is 5.75 Å². The van der Waals surface area contributed by atoms with Crippen LogP contribution in [0.2, 0.25) is 10.0 Å². The maximum atomic E-state index is 13.1. The Balaban J connectivity index is 1.65. The molecule has 0 fully saturated rings. The Hall–Kier alpha value is -1.99.